The van der Waals surface area contributed by atoms with E-state index >= 15 is 0 Å². The Morgan fingerprint density at radius 1 is 0.544 bits per heavy atom. The minimum Gasteiger partial charge on any atom is -0.462 e. The number of benzene rings is 2. The van der Waals surface area contributed by atoms with E-state index in [-0.39, 0.29) is 85.7 Å². The van der Waals surface area contributed by atoms with Gasteiger partial charge in [0.15, 0.2) is 0 Å². The van der Waals surface area contributed by atoms with Crippen LogP contribution in [-0.4, -0.2) is 82.4 Å². The highest BCUT2D eigenvalue weighted by atomic mass is 35.5. The molecule has 0 radical (unpaired) electrons. The molecular weight excluding hydrogens is 1040 g/mol. The van der Waals surface area contributed by atoms with E-state index in [9.17, 15) is 19.2 Å². The summed E-state index contributed by atoms with van der Waals surface area (Å²) in [5.41, 5.74) is 6.41. The van der Waals surface area contributed by atoms with Gasteiger partial charge in [0.25, 0.3) is 0 Å². The van der Waals surface area contributed by atoms with Gasteiger partial charge in [-0.05, 0) is 183 Å². The molecule has 0 saturated heterocycles. The first-order valence-corrected chi connectivity index (χ1v) is 29.4. The number of hydrogen-bond acceptors (Lipinski definition) is 14. The van der Waals surface area contributed by atoms with E-state index in [1.54, 1.807) is 24.5 Å². The second-order valence-electron chi connectivity index (χ2n) is 24.7. The Labute approximate surface area is 480 Å². The van der Waals surface area contributed by atoms with Crippen molar-refractivity contribution in [3.8, 4) is 0 Å². The molecule has 2 atom stereocenters. The quantitative estimate of drug-likeness (QED) is 0.0387. The third-order valence-corrected chi connectivity index (χ3v) is 14.7. The first-order chi connectivity index (χ1) is 37.3. The van der Waals surface area contributed by atoms with Crippen LogP contribution in [0.4, 0.5) is 34.1 Å². The first-order valence-electron chi connectivity index (χ1n) is 28.7. The van der Waals surface area contributed by atoms with Crippen molar-refractivity contribution in [2.45, 2.75) is 214 Å². The number of esters is 4. The van der Waals surface area contributed by atoms with Crippen molar-refractivity contribution in [1.82, 2.24) is 9.97 Å². The van der Waals surface area contributed by atoms with E-state index in [0.717, 1.165) is 110 Å². The van der Waals surface area contributed by atoms with Crippen molar-refractivity contribution in [2.75, 3.05) is 33.5 Å². The van der Waals surface area contributed by atoms with Gasteiger partial charge in [0.05, 0.1) is 59.4 Å². The number of anilines is 6. The lowest BCUT2D eigenvalue weighted by atomic mass is 9.90. The molecule has 432 valence electrons. The van der Waals surface area contributed by atoms with Gasteiger partial charge in [0, 0.05) is 38.0 Å². The Morgan fingerprint density at radius 2 is 0.911 bits per heavy atom. The molecule has 2 heterocycles. The Hall–Kier alpha value is -5.60. The summed E-state index contributed by atoms with van der Waals surface area (Å²) >= 11 is 12.3. The van der Waals surface area contributed by atoms with E-state index in [0.29, 0.717) is 28.6 Å². The van der Waals surface area contributed by atoms with Crippen LogP contribution in [0.1, 0.15) is 190 Å². The summed E-state index contributed by atoms with van der Waals surface area (Å²) < 4.78 is 23.4. The predicted octanol–water partition coefficient (Wildman–Crippen LogP) is 15.4. The molecule has 2 aliphatic rings. The van der Waals surface area contributed by atoms with Crippen LogP contribution in [0.25, 0.3) is 0 Å². The second-order valence-corrected chi connectivity index (χ2v) is 25.5. The van der Waals surface area contributed by atoms with Crippen molar-refractivity contribution in [3.63, 3.8) is 0 Å². The van der Waals surface area contributed by atoms with E-state index in [1.807, 2.05) is 67.5 Å². The number of carbonyl (C=O) groups is 4. The van der Waals surface area contributed by atoms with Gasteiger partial charge in [0.1, 0.15) is 33.7 Å². The number of pyridine rings is 2. The molecule has 6 rings (SSSR count). The molecule has 4 aromatic rings. The number of ether oxygens (including phenoxy) is 4. The zero-order valence-corrected chi connectivity index (χ0v) is 50.5. The third kappa shape index (κ3) is 20.5. The highest BCUT2D eigenvalue weighted by molar-refractivity contribution is 6.29. The minimum absolute atomic E-state index is 0.0783. The van der Waals surface area contributed by atoms with Gasteiger partial charge in [-0.25, -0.2) is 9.97 Å². The molecule has 2 aromatic heterocycles. The summed E-state index contributed by atoms with van der Waals surface area (Å²) in [5, 5.41) is 8.02. The summed E-state index contributed by atoms with van der Waals surface area (Å²) in [5.74, 6) is -0.461. The van der Waals surface area contributed by atoms with Crippen LogP contribution >= 0.6 is 23.2 Å². The number of hydrogen-bond donors (Lipinski definition) is 2. The molecule has 0 bridgehead atoms. The van der Waals surface area contributed by atoms with Crippen molar-refractivity contribution < 1.29 is 38.1 Å². The number of nitrogens with one attached hydrogen (secondary N) is 2. The van der Waals surface area contributed by atoms with Crippen LogP contribution in [0, 0.1) is 11.8 Å². The Kier molecular flexibility index (Phi) is 22.7. The molecule has 0 amide bonds. The number of aromatic nitrogens is 2. The molecule has 2 saturated carbocycles. The smallest absolute Gasteiger partial charge is 0.306 e. The lowest BCUT2D eigenvalue weighted by Crippen LogP contribution is -2.42. The van der Waals surface area contributed by atoms with Crippen molar-refractivity contribution in [1.29, 1.82) is 0 Å². The van der Waals surface area contributed by atoms with Gasteiger partial charge in [-0.2, -0.15) is 0 Å². The van der Waals surface area contributed by atoms with Crippen LogP contribution in [0.2, 0.25) is 10.3 Å². The lowest BCUT2D eigenvalue weighted by molar-refractivity contribution is -0.156. The average Bonchev–Trinajstić information content (AvgIpc) is 3.36. The third-order valence-electron chi connectivity index (χ3n) is 14.2. The molecule has 0 spiro atoms. The van der Waals surface area contributed by atoms with Crippen molar-refractivity contribution in [3.05, 3.63) is 94.5 Å². The van der Waals surface area contributed by atoms with E-state index in [1.165, 1.54) is 0 Å². The number of nitrogens with zero attached hydrogens (tertiary/aromatic N) is 4. The molecule has 2 N–H and O–H groups in total. The summed E-state index contributed by atoms with van der Waals surface area (Å²) in [6.45, 7) is 25.9. The maximum Gasteiger partial charge on any atom is 0.306 e. The molecule has 16 heteroatoms. The van der Waals surface area contributed by atoms with Gasteiger partial charge < -0.3 is 39.4 Å². The molecular formula is C63H88Cl2N6O8. The minimum atomic E-state index is -0.561. The summed E-state index contributed by atoms with van der Waals surface area (Å²) in [6.07, 6.45) is 10.5. The zero-order chi connectivity index (χ0) is 57.6. The monoisotopic (exact) mass is 1130 g/mol. The van der Waals surface area contributed by atoms with Gasteiger partial charge in [-0.3, -0.25) is 19.2 Å². The SMILES string of the molecule is CC(C)CN(c1ccc([C@H](C)CC(=O)OC(C)(C)C)cc1Nc1ccc(Cl)nc1)C1CCC(OC(=O)CCCC(=O)OC2CCC(N(CC(C)C)c3ccc([C@H](C)CC(=O)OC(C)(C)C)cc3Nc3ccc(Cl)nc3)CC2)CC1. The van der Waals surface area contributed by atoms with Crippen LogP contribution in [0.3, 0.4) is 0 Å². The van der Waals surface area contributed by atoms with E-state index in [4.69, 9.17) is 42.1 Å². The van der Waals surface area contributed by atoms with Gasteiger partial charge in [-0.15, -0.1) is 0 Å². The topological polar surface area (TPSA) is 162 Å². The van der Waals surface area contributed by atoms with Crippen molar-refractivity contribution >= 4 is 81.2 Å². The van der Waals surface area contributed by atoms with Gasteiger partial charge >= 0.3 is 23.9 Å². The normalized spacial score (nSPS) is 18.5. The highest BCUT2D eigenvalue weighted by Crippen LogP contribution is 2.40. The standard InChI is InChI=1S/C63H88Cl2N6O8/c1-40(2)38-70(54-28-16-44(42(5)32-60(74)78-62(7,8)9)34-52(54)68-46-18-30-56(64)66-36-46)48-20-24-50(25-21-48)76-58(72)14-13-15-59(73)77-51-26-22-49(23-27-51)71(39-41(3)4)55-29-17-45(43(6)33-61(75)79-63(10,11)12)35-53(55)69-47-19-31-57(65)67-37-47/h16-19,28-31,34-37,40-43,48-51,68-69H,13-15,20-27,32-33,38-39H2,1-12H3/t42-,43-,48?,49?,50?,51?/m1/s1. The van der Waals surface area contributed by atoms with Gasteiger partial charge in [-0.1, -0.05) is 76.9 Å². The number of halogens is 2. The van der Waals surface area contributed by atoms with Crippen LogP contribution in [0.5, 0.6) is 0 Å². The Bertz CT molecular complexity index is 2440. The maximum atomic E-state index is 13.2. The highest BCUT2D eigenvalue weighted by Gasteiger charge is 2.33. The van der Waals surface area contributed by atoms with E-state index < -0.39 is 11.2 Å². The van der Waals surface area contributed by atoms with Crippen molar-refractivity contribution in [2.24, 2.45) is 11.8 Å². The molecule has 14 nitrogen and oxygen atoms in total. The molecule has 79 heavy (non-hydrogen) atoms. The largest absolute Gasteiger partial charge is 0.462 e. The number of carbonyl (C=O) groups excluding carboxylic acids is 4. The zero-order valence-electron chi connectivity index (χ0n) is 49.0. The Balaban J connectivity index is 1.01. The van der Waals surface area contributed by atoms with E-state index in [2.05, 4.69) is 94.5 Å². The fraction of sp³-hybridized carbons (Fsp3) is 0.587. The molecule has 2 fully saturated rings. The molecule has 2 aromatic carbocycles. The van der Waals surface area contributed by atoms with Crippen LogP contribution in [0.15, 0.2) is 73.1 Å². The molecule has 2 aliphatic carbocycles. The fourth-order valence-corrected chi connectivity index (χ4v) is 10.8. The number of rotatable bonds is 24. The second kappa shape index (κ2) is 28.7. The lowest BCUT2D eigenvalue weighted by Gasteiger charge is -2.40. The Morgan fingerprint density at radius 3 is 1.23 bits per heavy atom. The molecule has 0 aliphatic heterocycles. The van der Waals surface area contributed by atoms with Gasteiger partial charge in [0.2, 0.25) is 0 Å². The van der Waals surface area contributed by atoms with Crippen LogP contribution < -0.4 is 20.4 Å². The fourth-order valence-electron chi connectivity index (χ4n) is 10.6. The predicted molar refractivity (Wildman–Crippen MR) is 318 cm³/mol. The summed E-state index contributed by atoms with van der Waals surface area (Å²) in [7, 11) is 0. The average molecular weight is 1130 g/mol. The summed E-state index contributed by atoms with van der Waals surface area (Å²) in [6, 6.07) is 20.5. The molecule has 0 unspecified atom stereocenters. The maximum absolute atomic E-state index is 13.2. The summed E-state index contributed by atoms with van der Waals surface area (Å²) in [4.78, 5) is 65.7. The first kappa shape index (κ1) is 62.6. The van der Waals surface area contributed by atoms with Crippen LogP contribution in [-0.2, 0) is 38.1 Å².